The zero-order chi connectivity index (χ0) is 19.3. The van der Waals surface area contributed by atoms with Gasteiger partial charge in [0.1, 0.15) is 17.9 Å². The average molecular weight is 379 g/mol. The van der Waals surface area contributed by atoms with Crippen molar-refractivity contribution in [1.29, 1.82) is 0 Å². The van der Waals surface area contributed by atoms with Gasteiger partial charge in [0, 0.05) is 11.4 Å². The Morgan fingerprint density at radius 2 is 2.00 bits per heavy atom. The van der Waals surface area contributed by atoms with Crippen molar-refractivity contribution in [1.82, 2.24) is 35.5 Å². The number of rotatable bonds is 6. The van der Waals surface area contributed by atoms with Crippen molar-refractivity contribution in [3.05, 3.63) is 53.4 Å². The smallest absolute Gasteiger partial charge is 0.258 e. The van der Waals surface area contributed by atoms with Crippen molar-refractivity contribution >= 4 is 5.91 Å². The second-order valence-corrected chi connectivity index (χ2v) is 6.67. The molecule has 0 bridgehead atoms. The molecule has 1 amide bonds. The molecule has 1 aliphatic carbocycles. The maximum atomic E-state index is 12.1. The van der Waals surface area contributed by atoms with Crippen LogP contribution in [-0.4, -0.2) is 42.7 Å². The van der Waals surface area contributed by atoms with Gasteiger partial charge >= 0.3 is 0 Å². The summed E-state index contributed by atoms with van der Waals surface area (Å²) < 4.78 is 7.07. The number of hydrogen-bond acceptors (Lipinski definition) is 7. The number of aryl methyl sites for hydroxylation is 2. The van der Waals surface area contributed by atoms with Crippen LogP contribution in [0.2, 0.25) is 0 Å². The SMILES string of the molecule is Cc1nc(CNC(=O)COc2ccc(-n3cnnn3)cc2)nc2c1CCCC2. The van der Waals surface area contributed by atoms with Crippen molar-refractivity contribution in [3.8, 4) is 11.4 Å². The molecule has 0 atom stereocenters. The van der Waals surface area contributed by atoms with Crippen LogP contribution in [0.15, 0.2) is 30.6 Å². The maximum Gasteiger partial charge on any atom is 0.258 e. The number of benzene rings is 1. The quantitative estimate of drug-likeness (QED) is 0.688. The van der Waals surface area contributed by atoms with Gasteiger partial charge < -0.3 is 10.1 Å². The van der Waals surface area contributed by atoms with E-state index in [1.165, 1.54) is 23.0 Å². The molecule has 0 fully saturated rings. The molecule has 1 aromatic carbocycles. The zero-order valence-electron chi connectivity index (χ0n) is 15.6. The number of ether oxygens (including phenoxy) is 1. The first-order valence-corrected chi connectivity index (χ1v) is 9.27. The van der Waals surface area contributed by atoms with Gasteiger partial charge in [0.05, 0.1) is 12.2 Å². The van der Waals surface area contributed by atoms with Crippen LogP contribution in [0, 0.1) is 6.92 Å². The highest BCUT2D eigenvalue weighted by Crippen LogP contribution is 2.21. The highest BCUT2D eigenvalue weighted by Gasteiger charge is 2.15. The predicted molar refractivity (Wildman–Crippen MR) is 99.9 cm³/mol. The van der Waals surface area contributed by atoms with E-state index in [2.05, 4.69) is 30.8 Å². The Morgan fingerprint density at radius 1 is 1.18 bits per heavy atom. The van der Waals surface area contributed by atoms with E-state index in [1.54, 1.807) is 12.1 Å². The van der Waals surface area contributed by atoms with Crippen LogP contribution in [0.3, 0.4) is 0 Å². The first-order chi connectivity index (χ1) is 13.7. The first-order valence-electron chi connectivity index (χ1n) is 9.27. The molecule has 3 aromatic rings. The third kappa shape index (κ3) is 4.13. The summed E-state index contributed by atoms with van der Waals surface area (Å²) in [6.45, 7) is 2.24. The summed E-state index contributed by atoms with van der Waals surface area (Å²) in [5.74, 6) is 1.02. The third-order valence-corrected chi connectivity index (χ3v) is 4.70. The van der Waals surface area contributed by atoms with Crippen LogP contribution in [0.4, 0.5) is 0 Å². The molecule has 0 spiro atoms. The van der Waals surface area contributed by atoms with Crippen molar-refractivity contribution in [2.45, 2.75) is 39.2 Å². The fourth-order valence-electron chi connectivity index (χ4n) is 3.28. The number of aromatic nitrogens is 6. The molecule has 28 heavy (non-hydrogen) atoms. The number of nitrogens with one attached hydrogen (secondary N) is 1. The molecular formula is C19H21N7O2. The number of carbonyl (C=O) groups is 1. The van der Waals surface area contributed by atoms with Crippen LogP contribution in [0.5, 0.6) is 5.75 Å². The fourth-order valence-corrected chi connectivity index (χ4v) is 3.28. The fraction of sp³-hybridized carbons (Fsp3) is 0.368. The van der Waals surface area contributed by atoms with E-state index >= 15 is 0 Å². The normalized spacial score (nSPS) is 13.0. The molecule has 4 rings (SSSR count). The van der Waals surface area contributed by atoms with E-state index in [0.29, 0.717) is 18.1 Å². The molecule has 2 aromatic heterocycles. The zero-order valence-corrected chi connectivity index (χ0v) is 15.6. The lowest BCUT2D eigenvalue weighted by atomic mass is 9.95. The van der Waals surface area contributed by atoms with E-state index in [4.69, 9.17) is 4.74 Å². The molecule has 1 N–H and O–H groups in total. The van der Waals surface area contributed by atoms with Gasteiger partial charge in [-0.05, 0) is 72.9 Å². The first kappa shape index (κ1) is 18.0. The second kappa shape index (κ2) is 8.12. The molecule has 0 unspecified atom stereocenters. The minimum atomic E-state index is -0.219. The third-order valence-electron chi connectivity index (χ3n) is 4.70. The Kier molecular flexibility index (Phi) is 5.22. The van der Waals surface area contributed by atoms with Crippen molar-refractivity contribution < 1.29 is 9.53 Å². The van der Waals surface area contributed by atoms with Crippen LogP contribution in [-0.2, 0) is 24.2 Å². The number of fused-ring (bicyclic) bond motifs is 1. The van der Waals surface area contributed by atoms with Crippen LogP contribution < -0.4 is 10.1 Å². The minimum Gasteiger partial charge on any atom is -0.484 e. The van der Waals surface area contributed by atoms with Crippen molar-refractivity contribution in [3.63, 3.8) is 0 Å². The van der Waals surface area contributed by atoms with E-state index in [0.717, 1.165) is 36.3 Å². The number of tetrazole rings is 1. The molecule has 9 nitrogen and oxygen atoms in total. The van der Waals surface area contributed by atoms with Gasteiger partial charge in [-0.3, -0.25) is 4.79 Å². The molecular weight excluding hydrogens is 358 g/mol. The lowest BCUT2D eigenvalue weighted by molar-refractivity contribution is -0.123. The van der Waals surface area contributed by atoms with Crippen LogP contribution in [0.25, 0.3) is 5.69 Å². The molecule has 1 aliphatic rings. The summed E-state index contributed by atoms with van der Waals surface area (Å²) in [5, 5.41) is 13.8. The number of carbonyl (C=O) groups excluding carboxylic acids is 1. The predicted octanol–water partition coefficient (Wildman–Crippen LogP) is 1.33. The van der Waals surface area contributed by atoms with Gasteiger partial charge in [0.15, 0.2) is 6.61 Å². The Labute approximate surface area is 162 Å². The van der Waals surface area contributed by atoms with Crippen molar-refractivity contribution in [2.24, 2.45) is 0 Å². The number of amides is 1. The molecule has 2 heterocycles. The summed E-state index contributed by atoms with van der Waals surface area (Å²) >= 11 is 0. The highest BCUT2D eigenvalue weighted by molar-refractivity contribution is 5.77. The molecule has 9 heteroatoms. The van der Waals surface area contributed by atoms with Gasteiger partial charge in [-0.1, -0.05) is 0 Å². The van der Waals surface area contributed by atoms with E-state index in [9.17, 15) is 4.79 Å². The molecule has 0 radical (unpaired) electrons. The number of hydrogen-bond donors (Lipinski definition) is 1. The monoisotopic (exact) mass is 379 g/mol. The summed E-state index contributed by atoms with van der Waals surface area (Å²) in [6.07, 6.45) is 5.90. The summed E-state index contributed by atoms with van der Waals surface area (Å²) in [7, 11) is 0. The van der Waals surface area contributed by atoms with Crippen LogP contribution in [0.1, 0.15) is 35.6 Å². The van der Waals surface area contributed by atoms with Crippen LogP contribution >= 0.6 is 0 Å². The van der Waals surface area contributed by atoms with Gasteiger partial charge in [-0.25, -0.2) is 14.6 Å². The molecule has 144 valence electrons. The summed E-state index contributed by atoms with van der Waals surface area (Å²) in [4.78, 5) is 21.2. The molecule has 0 saturated carbocycles. The van der Waals surface area contributed by atoms with E-state index in [1.807, 2.05) is 19.1 Å². The lowest BCUT2D eigenvalue weighted by Crippen LogP contribution is -2.29. The van der Waals surface area contributed by atoms with Gasteiger partial charge in [0.25, 0.3) is 5.91 Å². The Bertz CT molecular complexity index is 955. The van der Waals surface area contributed by atoms with Gasteiger partial charge in [-0.2, -0.15) is 0 Å². The van der Waals surface area contributed by atoms with Gasteiger partial charge in [-0.15, -0.1) is 5.10 Å². The van der Waals surface area contributed by atoms with Crippen molar-refractivity contribution in [2.75, 3.05) is 6.61 Å². The maximum absolute atomic E-state index is 12.1. The Morgan fingerprint density at radius 3 is 2.79 bits per heavy atom. The second-order valence-electron chi connectivity index (χ2n) is 6.67. The standard InChI is InChI=1S/C19H21N7O2/c1-13-16-4-2-3-5-17(16)23-18(22-13)10-20-19(27)11-28-15-8-6-14(7-9-15)26-12-21-24-25-26/h6-9,12H,2-5,10-11H2,1H3,(H,20,27). The van der Waals surface area contributed by atoms with E-state index in [-0.39, 0.29) is 12.5 Å². The summed E-state index contributed by atoms with van der Waals surface area (Å²) in [6, 6.07) is 7.15. The van der Waals surface area contributed by atoms with Gasteiger partial charge in [0.2, 0.25) is 0 Å². The highest BCUT2D eigenvalue weighted by atomic mass is 16.5. The van der Waals surface area contributed by atoms with E-state index < -0.39 is 0 Å². The summed E-state index contributed by atoms with van der Waals surface area (Å²) in [5.41, 5.74) is 4.23. The average Bonchev–Trinajstić information content (AvgIpc) is 3.26. The Hall–Kier alpha value is -3.36. The molecule has 0 saturated heterocycles. The topological polar surface area (TPSA) is 108 Å². The minimum absolute atomic E-state index is 0.0752. The molecule has 0 aliphatic heterocycles. The Balaban J connectivity index is 1.28. The number of nitrogens with zero attached hydrogens (tertiary/aromatic N) is 6. The lowest BCUT2D eigenvalue weighted by Gasteiger charge is -2.17. The largest absolute Gasteiger partial charge is 0.484 e.